The fourth-order valence-electron chi connectivity index (χ4n) is 1.58. The third-order valence-corrected chi connectivity index (χ3v) is 4.26. The summed E-state index contributed by atoms with van der Waals surface area (Å²) < 4.78 is 6.08. The number of carboxylic acids is 1. The quantitative estimate of drug-likeness (QED) is 0.827. The smallest absolute Gasteiger partial charge is 0.354 e. The standard InChI is InChI=1S/C14H12BrNO3S/c1-19-13-3-2-9(6-11(13)15)8-20-10-4-5-16-12(7-10)14(17)18/h2-7H,8H2,1H3,(H,17,18). The van der Waals surface area contributed by atoms with Gasteiger partial charge < -0.3 is 9.84 Å². The average Bonchev–Trinajstić information content (AvgIpc) is 2.45. The number of halogens is 1. The number of carbonyl (C=O) groups is 1. The Balaban J connectivity index is 2.07. The molecule has 2 aromatic rings. The summed E-state index contributed by atoms with van der Waals surface area (Å²) in [5, 5.41) is 8.90. The Morgan fingerprint density at radius 1 is 1.40 bits per heavy atom. The number of pyridine rings is 1. The first-order chi connectivity index (χ1) is 9.60. The van der Waals surface area contributed by atoms with Gasteiger partial charge >= 0.3 is 5.97 Å². The third kappa shape index (κ3) is 3.74. The van der Waals surface area contributed by atoms with Gasteiger partial charge in [0.15, 0.2) is 0 Å². The van der Waals surface area contributed by atoms with Gasteiger partial charge in [-0.15, -0.1) is 11.8 Å². The number of thioether (sulfide) groups is 1. The number of ether oxygens (including phenoxy) is 1. The SMILES string of the molecule is COc1ccc(CSc2ccnc(C(=O)O)c2)cc1Br. The molecule has 2 rings (SSSR count). The van der Waals surface area contributed by atoms with Gasteiger partial charge in [-0.25, -0.2) is 9.78 Å². The molecular weight excluding hydrogens is 342 g/mol. The monoisotopic (exact) mass is 353 g/mol. The lowest BCUT2D eigenvalue weighted by Gasteiger charge is -2.06. The Kier molecular flexibility index (Phi) is 5.03. The van der Waals surface area contributed by atoms with Crippen LogP contribution in [0.1, 0.15) is 16.1 Å². The van der Waals surface area contributed by atoms with Crippen molar-refractivity contribution >= 4 is 33.7 Å². The molecule has 0 saturated carbocycles. The van der Waals surface area contributed by atoms with E-state index in [1.165, 1.54) is 6.20 Å². The largest absolute Gasteiger partial charge is 0.496 e. The van der Waals surface area contributed by atoms with Crippen LogP contribution < -0.4 is 4.74 Å². The Labute approximate surface area is 129 Å². The van der Waals surface area contributed by atoms with E-state index in [0.29, 0.717) is 0 Å². The van der Waals surface area contributed by atoms with E-state index in [4.69, 9.17) is 9.84 Å². The summed E-state index contributed by atoms with van der Waals surface area (Å²) in [6, 6.07) is 9.25. The second-order valence-electron chi connectivity index (χ2n) is 3.94. The molecule has 0 spiro atoms. The number of hydrogen-bond acceptors (Lipinski definition) is 4. The molecule has 0 unspecified atom stereocenters. The molecule has 0 amide bonds. The number of carboxylic acid groups (broad SMARTS) is 1. The minimum absolute atomic E-state index is 0.0610. The Hall–Kier alpha value is -1.53. The molecule has 0 bridgehead atoms. The molecule has 1 N–H and O–H groups in total. The van der Waals surface area contributed by atoms with E-state index >= 15 is 0 Å². The highest BCUT2D eigenvalue weighted by Gasteiger charge is 2.06. The van der Waals surface area contributed by atoms with Crippen LogP contribution in [0.25, 0.3) is 0 Å². The van der Waals surface area contributed by atoms with Gasteiger partial charge in [0.2, 0.25) is 0 Å². The fraction of sp³-hybridized carbons (Fsp3) is 0.143. The highest BCUT2D eigenvalue weighted by atomic mass is 79.9. The Bertz CT molecular complexity index is 634. The van der Waals surface area contributed by atoms with Crippen LogP contribution in [0.3, 0.4) is 0 Å². The topological polar surface area (TPSA) is 59.4 Å². The van der Waals surface area contributed by atoms with Crippen molar-refractivity contribution in [3.8, 4) is 5.75 Å². The second-order valence-corrected chi connectivity index (χ2v) is 5.84. The number of rotatable bonds is 5. The normalized spacial score (nSPS) is 10.3. The molecule has 1 aromatic heterocycles. The molecular formula is C14H12BrNO3S. The molecule has 0 fully saturated rings. The maximum absolute atomic E-state index is 10.9. The summed E-state index contributed by atoms with van der Waals surface area (Å²) in [7, 11) is 1.62. The lowest BCUT2D eigenvalue weighted by molar-refractivity contribution is 0.0690. The highest BCUT2D eigenvalue weighted by Crippen LogP contribution is 2.29. The van der Waals surface area contributed by atoms with Gasteiger partial charge in [0.05, 0.1) is 11.6 Å². The first-order valence-corrected chi connectivity index (χ1v) is 7.52. The zero-order chi connectivity index (χ0) is 14.5. The summed E-state index contributed by atoms with van der Waals surface area (Å²) >= 11 is 5.00. The van der Waals surface area contributed by atoms with Gasteiger partial charge in [0.1, 0.15) is 11.4 Å². The van der Waals surface area contributed by atoms with E-state index in [1.807, 2.05) is 18.2 Å². The molecule has 0 aliphatic carbocycles. The van der Waals surface area contributed by atoms with Crippen LogP contribution in [-0.2, 0) is 5.75 Å². The number of aromatic nitrogens is 1. The van der Waals surface area contributed by atoms with E-state index < -0.39 is 5.97 Å². The lowest BCUT2D eigenvalue weighted by Crippen LogP contribution is -1.99. The molecule has 6 heteroatoms. The van der Waals surface area contributed by atoms with E-state index in [2.05, 4.69) is 20.9 Å². The van der Waals surface area contributed by atoms with Gasteiger partial charge in [-0.1, -0.05) is 6.07 Å². The maximum atomic E-state index is 10.9. The van der Waals surface area contributed by atoms with Crippen molar-refractivity contribution in [2.75, 3.05) is 7.11 Å². The molecule has 0 radical (unpaired) electrons. The summed E-state index contributed by atoms with van der Waals surface area (Å²) in [4.78, 5) is 15.5. The van der Waals surface area contributed by atoms with Crippen molar-refractivity contribution in [2.45, 2.75) is 10.6 Å². The molecule has 0 aliphatic heterocycles. The van der Waals surface area contributed by atoms with Gasteiger partial charge in [-0.05, 0) is 45.8 Å². The number of nitrogens with zero attached hydrogens (tertiary/aromatic N) is 1. The summed E-state index contributed by atoms with van der Waals surface area (Å²) in [5.74, 6) is 0.515. The predicted molar refractivity (Wildman–Crippen MR) is 81.5 cm³/mol. The highest BCUT2D eigenvalue weighted by molar-refractivity contribution is 9.10. The molecule has 0 atom stereocenters. The third-order valence-electron chi connectivity index (χ3n) is 2.57. The van der Waals surface area contributed by atoms with E-state index in [0.717, 1.165) is 26.4 Å². The van der Waals surface area contributed by atoms with Crippen molar-refractivity contribution < 1.29 is 14.6 Å². The van der Waals surface area contributed by atoms with Crippen LogP contribution in [0.2, 0.25) is 0 Å². The van der Waals surface area contributed by atoms with Crippen molar-refractivity contribution in [3.05, 3.63) is 52.3 Å². The van der Waals surface area contributed by atoms with Gasteiger partial charge in [-0.3, -0.25) is 0 Å². The first kappa shape index (κ1) is 14.9. The number of hydrogen-bond donors (Lipinski definition) is 1. The van der Waals surface area contributed by atoms with Crippen LogP contribution in [-0.4, -0.2) is 23.2 Å². The Morgan fingerprint density at radius 3 is 2.85 bits per heavy atom. The molecule has 0 aliphatic rings. The summed E-state index contributed by atoms with van der Waals surface area (Å²) in [6.45, 7) is 0. The minimum Gasteiger partial charge on any atom is -0.496 e. The van der Waals surface area contributed by atoms with Crippen molar-refractivity contribution in [1.29, 1.82) is 0 Å². The first-order valence-electron chi connectivity index (χ1n) is 5.74. The summed E-state index contributed by atoms with van der Waals surface area (Å²) in [6.07, 6.45) is 1.51. The van der Waals surface area contributed by atoms with Crippen LogP contribution in [0, 0.1) is 0 Å². The number of aromatic carboxylic acids is 1. The van der Waals surface area contributed by atoms with Crippen LogP contribution >= 0.6 is 27.7 Å². The van der Waals surface area contributed by atoms with Crippen LogP contribution in [0.15, 0.2) is 45.9 Å². The van der Waals surface area contributed by atoms with E-state index in [9.17, 15) is 4.79 Å². The zero-order valence-electron chi connectivity index (χ0n) is 10.7. The molecule has 1 heterocycles. The number of methoxy groups -OCH3 is 1. The summed E-state index contributed by atoms with van der Waals surface area (Å²) in [5.41, 5.74) is 1.18. The molecule has 1 aromatic carbocycles. The second kappa shape index (κ2) is 6.76. The minimum atomic E-state index is -1.01. The van der Waals surface area contributed by atoms with Crippen LogP contribution in [0.4, 0.5) is 0 Å². The van der Waals surface area contributed by atoms with E-state index in [-0.39, 0.29) is 5.69 Å². The van der Waals surface area contributed by atoms with Crippen molar-refractivity contribution in [3.63, 3.8) is 0 Å². The predicted octanol–water partition coefficient (Wildman–Crippen LogP) is 3.84. The van der Waals surface area contributed by atoms with Gasteiger partial charge in [0.25, 0.3) is 0 Å². The molecule has 20 heavy (non-hydrogen) atoms. The average molecular weight is 354 g/mol. The Morgan fingerprint density at radius 2 is 2.20 bits per heavy atom. The maximum Gasteiger partial charge on any atom is 0.354 e. The molecule has 0 saturated heterocycles. The zero-order valence-corrected chi connectivity index (χ0v) is 13.1. The lowest BCUT2D eigenvalue weighted by atomic mass is 10.2. The van der Waals surface area contributed by atoms with Gasteiger partial charge in [-0.2, -0.15) is 0 Å². The molecule has 4 nitrogen and oxygen atoms in total. The van der Waals surface area contributed by atoms with Gasteiger partial charge in [0, 0.05) is 16.8 Å². The molecule has 104 valence electrons. The van der Waals surface area contributed by atoms with Crippen molar-refractivity contribution in [2.24, 2.45) is 0 Å². The van der Waals surface area contributed by atoms with Crippen molar-refractivity contribution in [1.82, 2.24) is 4.98 Å². The van der Waals surface area contributed by atoms with E-state index in [1.54, 1.807) is 31.0 Å². The van der Waals surface area contributed by atoms with Crippen LogP contribution in [0.5, 0.6) is 5.75 Å². The fourth-order valence-corrected chi connectivity index (χ4v) is 3.04. The number of benzene rings is 1.